The van der Waals surface area contributed by atoms with Crippen LogP contribution >= 0.6 is 0 Å². The number of hydrogen-bond donors (Lipinski definition) is 3. The van der Waals surface area contributed by atoms with Crippen molar-refractivity contribution >= 4 is 40.6 Å². The van der Waals surface area contributed by atoms with Crippen molar-refractivity contribution in [2.24, 2.45) is 5.92 Å². The Kier molecular flexibility index (Phi) is 12.8. The molecule has 63 heavy (non-hydrogen) atoms. The Labute approximate surface area is 365 Å². The molecule has 330 valence electrons. The van der Waals surface area contributed by atoms with E-state index in [1.807, 2.05) is 45.9 Å². The Bertz CT molecular complexity index is 2460. The van der Waals surface area contributed by atoms with Crippen molar-refractivity contribution < 1.29 is 27.7 Å². The molecule has 3 saturated heterocycles. The highest BCUT2D eigenvalue weighted by molar-refractivity contribution is 6.01. The molecule has 1 atom stereocenters. The molecule has 1 unspecified atom stereocenters. The van der Waals surface area contributed by atoms with Crippen LogP contribution in [0, 0.1) is 24.5 Å². The van der Waals surface area contributed by atoms with E-state index in [4.69, 9.17) is 4.52 Å². The minimum absolute atomic E-state index is 0.0832. The molecule has 3 aliphatic rings. The maximum Gasteiger partial charge on any atom is 0.315 e. The third-order valence-electron chi connectivity index (χ3n) is 12.4. The molecule has 0 bridgehead atoms. The average Bonchev–Trinajstić information content (AvgIpc) is 3.79. The van der Waals surface area contributed by atoms with Crippen LogP contribution in [0.25, 0.3) is 11.3 Å². The van der Waals surface area contributed by atoms with E-state index in [9.17, 15) is 14.4 Å². The Balaban J connectivity index is 0.772. The number of imide groups is 1. The van der Waals surface area contributed by atoms with E-state index in [0.29, 0.717) is 46.4 Å². The summed E-state index contributed by atoms with van der Waals surface area (Å²) in [6.07, 6.45) is 5.22. The van der Waals surface area contributed by atoms with Crippen molar-refractivity contribution in [3.8, 4) is 11.3 Å². The topological polar surface area (TPSA) is 162 Å². The predicted molar refractivity (Wildman–Crippen MR) is 236 cm³/mol. The molecule has 0 saturated carbocycles. The Morgan fingerprint density at radius 3 is 2.30 bits per heavy atom. The van der Waals surface area contributed by atoms with E-state index >= 15 is 8.78 Å². The van der Waals surface area contributed by atoms with Crippen molar-refractivity contribution in [2.45, 2.75) is 77.7 Å². The first-order chi connectivity index (χ1) is 30.3. The van der Waals surface area contributed by atoms with Gasteiger partial charge >= 0.3 is 11.8 Å². The van der Waals surface area contributed by atoms with Gasteiger partial charge in [0.05, 0.1) is 11.6 Å². The Morgan fingerprint density at radius 2 is 1.60 bits per heavy atom. The quantitative estimate of drug-likeness (QED) is 0.110. The summed E-state index contributed by atoms with van der Waals surface area (Å²) >= 11 is 0. The average molecular weight is 861 g/mol. The van der Waals surface area contributed by atoms with Gasteiger partial charge in [0.15, 0.2) is 5.82 Å². The van der Waals surface area contributed by atoms with Crippen molar-refractivity contribution in [3.05, 3.63) is 107 Å². The second-order valence-corrected chi connectivity index (χ2v) is 17.8. The van der Waals surface area contributed by atoms with Gasteiger partial charge in [-0.15, -0.1) is 0 Å². The fourth-order valence-electron chi connectivity index (χ4n) is 8.52. The minimum Gasteiger partial charge on any atom is -0.371 e. The number of amides is 3. The summed E-state index contributed by atoms with van der Waals surface area (Å²) in [5.74, 6) is -1.29. The number of aromatic nitrogens is 4. The lowest BCUT2D eigenvalue weighted by molar-refractivity contribution is -0.134. The van der Waals surface area contributed by atoms with E-state index in [2.05, 4.69) is 62.9 Å². The number of aryl methyl sites for hydroxylation is 1. The second kappa shape index (κ2) is 18.6. The molecule has 14 nitrogen and oxygen atoms in total. The normalized spacial score (nSPS) is 17.8. The molecule has 0 spiro atoms. The van der Waals surface area contributed by atoms with Gasteiger partial charge in [0.2, 0.25) is 11.8 Å². The second-order valence-electron chi connectivity index (χ2n) is 17.8. The van der Waals surface area contributed by atoms with Crippen LogP contribution in [0.1, 0.15) is 92.0 Å². The van der Waals surface area contributed by atoms with Crippen LogP contribution in [0.5, 0.6) is 0 Å². The number of nitrogens with zero attached hydrogens (tertiary/aromatic N) is 7. The third kappa shape index (κ3) is 10.3. The predicted octanol–water partition coefficient (Wildman–Crippen LogP) is 7.03. The van der Waals surface area contributed by atoms with Gasteiger partial charge in [-0.1, -0.05) is 32.0 Å². The zero-order valence-electron chi connectivity index (χ0n) is 36.2. The standard InChI is InChI=1S/C47H54F2N10O4/c1-29-23-37(38(48)24-31(29)27-50-44(62)45-55-46(56-63-45)47(2,3)4)40-26-41(52-28-51-40)53-32-5-7-33(8-6-32)59-21-19-57(20-22-59)16-13-30-14-17-58(18-15-30)34-9-10-35(39(49)25-34)36-11-12-42(60)54-43(36)61/h5-10,23-26,28,30,36H,11-22,27H2,1-4H3,(H,50,62)(H,51,52,53)(H,54,60,61). The zero-order valence-corrected chi connectivity index (χ0v) is 36.2. The summed E-state index contributed by atoms with van der Waals surface area (Å²) in [7, 11) is 0. The number of nitrogens with one attached hydrogen (secondary N) is 3. The molecule has 0 aliphatic carbocycles. The summed E-state index contributed by atoms with van der Waals surface area (Å²) in [6, 6.07) is 18.2. The highest BCUT2D eigenvalue weighted by Gasteiger charge is 2.31. The monoisotopic (exact) mass is 860 g/mol. The van der Waals surface area contributed by atoms with Crippen LogP contribution in [-0.2, 0) is 21.5 Å². The van der Waals surface area contributed by atoms with Gasteiger partial charge < -0.3 is 25.0 Å². The highest BCUT2D eigenvalue weighted by atomic mass is 19.1. The molecule has 5 heterocycles. The van der Waals surface area contributed by atoms with E-state index in [1.54, 1.807) is 24.3 Å². The van der Waals surface area contributed by atoms with Crippen molar-refractivity contribution in [1.82, 2.24) is 35.6 Å². The van der Waals surface area contributed by atoms with Crippen LogP contribution < -0.4 is 25.8 Å². The Hall–Kier alpha value is -6.29. The van der Waals surface area contributed by atoms with Gasteiger partial charge in [0.25, 0.3) is 0 Å². The lowest BCUT2D eigenvalue weighted by atomic mass is 9.89. The molecule has 3 aromatic carbocycles. The Morgan fingerprint density at radius 1 is 0.873 bits per heavy atom. The first-order valence-electron chi connectivity index (χ1n) is 21.7. The molecule has 3 aliphatic heterocycles. The minimum atomic E-state index is -0.624. The molecule has 0 radical (unpaired) electrons. The van der Waals surface area contributed by atoms with Gasteiger partial charge in [-0.2, -0.15) is 4.98 Å². The number of anilines is 4. The lowest BCUT2D eigenvalue weighted by Crippen LogP contribution is -2.47. The lowest BCUT2D eigenvalue weighted by Gasteiger charge is -2.38. The SMILES string of the molecule is Cc1cc(-c2cc(Nc3ccc(N4CCN(CCC5CCN(c6ccc(C7CCC(=O)NC7=O)c(F)c6)CC5)CC4)cc3)ncn2)c(F)cc1CNC(=O)c1nc(C(C)(C)C)no1. The van der Waals surface area contributed by atoms with E-state index in [0.717, 1.165) is 87.7 Å². The maximum absolute atomic E-state index is 15.5. The van der Waals surface area contributed by atoms with Crippen molar-refractivity contribution in [1.29, 1.82) is 0 Å². The first kappa shape index (κ1) is 43.4. The van der Waals surface area contributed by atoms with E-state index < -0.39 is 23.5 Å². The summed E-state index contributed by atoms with van der Waals surface area (Å²) in [6.45, 7) is 14.4. The molecule has 5 aromatic rings. The molecule has 2 aromatic heterocycles. The maximum atomic E-state index is 15.5. The number of hydrogen-bond acceptors (Lipinski definition) is 12. The van der Waals surface area contributed by atoms with Gasteiger partial charge in [-0.25, -0.2) is 18.7 Å². The number of rotatable bonds is 12. The van der Waals surface area contributed by atoms with Gasteiger partial charge in [-0.3, -0.25) is 24.6 Å². The fourth-order valence-corrected chi connectivity index (χ4v) is 8.52. The molecular weight excluding hydrogens is 807 g/mol. The van der Waals surface area contributed by atoms with Crippen LogP contribution in [0.2, 0.25) is 0 Å². The first-order valence-corrected chi connectivity index (χ1v) is 21.7. The smallest absolute Gasteiger partial charge is 0.315 e. The van der Waals surface area contributed by atoms with Gasteiger partial charge in [-0.05, 0) is 105 Å². The van der Waals surface area contributed by atoms with Crippen molar-refractivity contribution in [2.75, 3.05) is 60.9 Å². The third-order valence-corrected chi connectivity index (χ3v) is 12.4. The summed E-state index contributed by atoms with van der Waals surface area (Å²) < 4.78 is 35.8. The van der Waals surface area contributed by atoms with Crippen LogP contribution in [-0.4, -0.2) is 88.5 Å². The number of benzene rings is 3. The van der Waals surface area contributed by atoms with E-state index in [-0.39, 0.29) is 36.0 Å². The largest absolute Gasteiger partial charge is 0.371 e. The van der Waals surface area contributed by atoms with Crippen molar-refractivity contribution in [3.63, 3.8) is 0 Å². The van der Waals surface area contributed by atoms with Gasteiger partial charge in [0, 0.05) is 91.9 Å². The van der Waals surface area contributed by atoms with E-state index in [1.165, 1.54) is 12.4 Å². The summed E-state index contributed by atoms with van der Waals surface area (Å²) in [4.78, 5) is 56.5. The van der Waals surface area contributed by atoms with Crippen LogP contribution in [0.15, 0.2) is 71.5 Å². The number of piperidine rings is 2. The number of carbonyl (C=O) groups excluding carboxylic acids is 3. The number of carbonyl (C=O) groups is 3. The fraction of sp³-hybridized carbons (Fsp3) is 0.426. The molecular formula is C47H54F2N10O4. The molecule has 3 amide bonds. The highest BCUT2D eigenvalue weighted by Crippen LogP contribution is 2.33. The van der Waals surface area contributed by atoms with Crippen LogP contribution in [0.4, 0.5) is 31.7 Å². The molecule has 3 N–H and O–H groups in total. The molecule has 8 rings (SSSR count). The number of piperazine rings is 1. The number of halogens is 2. The van der Waals surface area contributed by atoms with Crippen LogP contribution in [0.3, 0.4) is 0 Å². The van der Waals surface area contributed by atoms with Gasteiger partial charge in [0.1, 0.15) is 23.8 Å². The zero-order chi connectivity index (χ0) is 44.3. The molecule has 16 heteroatoms. The summed E-state index contributed by atoms with van der Waals surface area (Å²) in [5.41, 5.74) is 4.97. The summed E-state index contributed by atoms with van der Waals surface area (Å²) in [5, 5.41) is 12.3. The molecule has 3 fully saturated rings.